The Morgan fingerprint density at radius 2 is 1.69 bits per heavy atom. The number of aliphatic hydroxyl groups excluding tert-OH is 1. The predicted molar refractivity (Wildman–Crippen MR) is 231 cm³/mol. The number of carboxylic acids is 1. The molecule has 1 aromatic heterocycles. The number of amides is 2. The molecule has 2 aromatic carbocycles. The number of carbonyl (C=O) groups is 3. The summed E-state index contributed by atoms with van der Waals surface area (Å²) in [4.78, 5) is 103. The van der Waals surface area contributed by atoms with Gasteiger partial charge in [-0.3, -0.25) is 23.5 Å². The van der Waals surface area contributed by atoms with E-state index in [2.05, 4.69) is 40.6 Å². The van der Waals surface area contributed by atoms with Crippen LogP contribution < -0.4 is 27.5 Å². The van der Waals surface area contributed by atoms with Crippen LogP contribution in [0, 0.1) is 11.8 Å². The molecule has 25 nitrogen and oxygen atoms in total. The smallest absolute Gasteiger partial charge is 0.490 e. The average Bonchev–Trinajstić information content (AvgIpc) is 3.60. The van der Waals surface area contributed by atoms with Crippen molar-refractivity contribution >= 4 is 58.0 Å². The van der Waals surface area contributed by atoms with Gasteiger partial charge in [-0.2, -0.15) is 13.6 Å². The number of aliphatic hydroxyl groups is 1. The molecule has 2 aliphatic heterocycles. The first kappa shape index (κ1) is 50.3. The Morgan fingerprint density at radius 3 is 2.42 bits per heavy atom. The van der Waals surface area contributed by atoms with Gasteiger partial charge in [-0.15, -0.1) is 0 Å². The average molecular weight is 992 g/mol. The number of nitrogens with one attached hydrogen (secondary N) is 2. The molecule has 3 heterocycles. The Labute approximate surface area is 376 Å². The van der Waals surface area contributed by atoms with Crippen molar-refractivity contribution in [2.75, 3.05) is 25.4 Å². The third-order valence-corrected chi connectivity index (χ3v) is 13.5. The molecule has 6 rings (SSSR count). The first-order valence-corrected chi connectivity index (χ1v) is 24.1. The number of fused-ring (bicyclic) bond motifs is 2. The van der Waals surface area contributed by atoms with Gasteiger partial charge < -0.3 is 60.4 Å². The maximum Gasteiger partial charge on any atom is 0.490 e. The lowest BCUT2D eigenvalue weighted by atomic mass is 9.89. The topological polar surface area (TPSA) is 396 Å². The molecule has 0 saturated carbocycles. The number of carbonyl (C=O) groups excluding carboxylic acids is 2. The van der Waals surface area contributed by atoms with Gasteiger partial charge in [0.05, 0.1) is 30.4 Å². The molecular weight excluding hydrogens is 951 g/mol. The molecule has 1 fully saturated rings. The fraction of sp³-hybridized carbons (Fsp3) is 0.282. The Balaban J connectivity index is 0.971. The Morgan fingerprint density at radius 1 is 0.925 bits per heavy atom. The van der Waals surface area contributed by atoms with E-state index in [1.807, 2.05) is 0 Å². The van der Waals surface area contributed by atoms with E-state index >= 15 is 0 Å². The number of phenols is 1. The number of hydrogen-bond donors (Lipinski definition) is 10. The predicted octanol–water partition coefficient (Wildman–Crippen LogP) is 2.56. The maximum atomic E-state index is 13.3. The molecule has 0 bridgehead atoms. The van der Waals surface area contributed by atoms with E-state index in [1.165, 1.54) is 48.5 Å². The third kappa shape index (κ3) is 13.3. The second kappa shape index (κ2) is 20.8. The zero-order valence-corrected chi connectivity index (χ0v) is 37.1. The van der Waals surface area contributed by atoms with Crippen molar-refractivity contribution in [3.8, 4) is 40.0 Å². The van der Waals surface area contributed by atoms with Crippen LogP contribution in [0.25, 0.3) is 33.4 Å². The van der Waals surface area contributed by atoms with Gasteiger partial charge >= 0.3 is 35.1 Å². The summed E-state index contributed by atoms with van der Waals surface area (Å²) in [6, 6.07) is 12.5. The molecule has 0 radical (unpaired) electrons. The first-order valence-electron chi connectivity index (χ1n) is 19.6. The number of phosphoric ester groups is 1. The number of carboxylic acid groups (broad SMARTS) is 1. The summed E-state index contributed by atoms with van der Waals surface area (Å²) >= 11 is 0. The fourth-order valence-corrected chi connectivity index (χ4v) is 9.81. The number of aromatic carboxylic acids is 1. The van der Waals surface area contributed by atoms with E-state index in [4.69, 9.17) is 24.7 Å². The van der Waals surface area contributed by atoms with Crippen molar-refractivity contribution in [1.82, 2.24) is 20.2 Å². The van der Waals surface area contributed by atoms with Crippen LogP contribution in [0.15, 0.2) is 74.8 Å². The summed E-state index contributed by atoms with van der Waals surface area (Å²) in [5.74, 6) is 3.01. The lowest BCUT2D eigenvalue weighted by Crippen LogP contribution is -2.29. The molecule has 1 saturated heterocycles. The molecule has 1 aliphatic carbocycles. The van der Waals surface area contributed by atoms with Crippen LogP contribution in [-0.2, 0) is 36.4 Å². The summed E-state index contributed by atoms with van der Waals surface area (Å²) in [6.45, 7) is -0.877. The summed E-state index contributed by atoms with van der Waals surface area (Å²) < 4.78 is 58.5. The van der Waals surface area contributed by atoms with Gasteiger partial charge in [-0.25, -0.2) is 23.3 Å². The molecule has 28 heteroatoms. The van der Waals surface area contributed by atoms with Crippen LogP contribution in [0.5, 0.6) is 5.75 Å². The molecule has 67 heavy (non-hydrogen) atoms. The zero-order valence-electron chi connectivity index (χ0n) is 34.4. The Bertz CT molecular complexity index is 3030. The minimum atomic E-state index is -5.79. The Kier molecular flexibility index (Phi) is 15.6. The number of nitrogens with zero attached hydrogens (tertiary/aromatic N) is 2. The van der Waals surface area contributed by atoms with E-state index in [1.54, 1.807) is 6.07 Å². The SMILES string of the molecule is Nc1nc(=O)n([C@H]2C[C@H](O)[C@@H](COP(=O)(O)OP(=O)(O)OP(=O)(O)O)O2)cc1C#CCNC(=O)CCCCCNC(=O)c1ccc(C(=O)O)c(-c2c3ccc(=O)cc-3oc3cc(O)ccc23)c1. The number of unbranched alkanes of at least 4 members (excludes halogenated alkanes) is 2. The number of aromatic nitrogens is 2. The fourth-order valence-electron chi connectivity index (χ4n) is 6.78. The molecular formula is C39H40N5O20P3. The third-order valence-electron chi connectivity index (χ3n) is 9.73. The monoisotopic (exact) mass is 991 g/mol. The van der Waals surface area contributed by atoms with Gasteiger partial charge in [-0.1, -0.05) is 18.3 Å². The maximum absolute atomic E-state index is 13.3. The number of ether oxygens (including phenoxy) is 1. The van der Waals surface area contributed by atoms with Crippen LogP contribution in [0.3, 0.4) is 0 Å². The summed E-state index contributed by atoms with van der Waals surface area (Å²) in [7, 11) is -16.9. The van der Waals surface area contributed by atoms with Crippen LogP contribution in [0.4, 0.5) is 5.82 Å². The van der Waals surface area contributed by atoms with E-state index < -0.39 is 66.1 Å². The van der Waals surface area contributed by atoms with Crippen molar-refractivity contribution in [3.63, 3.8) is 0 Å². The molecule has 2 amide bonds. The van der Waals surface area contributed by atoms with Crippen molar-refractivity contribution in [2.24, 2.45) is 0 Å². The highest BCUT2D eigenvalue weighted by atomic mass is 31.3. The summed E-state index contributed by atoms with van der Waals surface area (Å²) in [5.41, 5.74) is 5.82. The van der Waals surface area contributed by atoms with Gasteiger partial charge in [-0.05, 0) is 60.9 Å². The molecule has 3 aliphatic rings. The number of aromatic hydroxyl groups is 1. The lowest BCUT2D eigenvalue weighted by Gasteiger charge is -2.19. The molecule has 2 unspecified atom stereocenters. The molecule has 0 spiro atoms. The minimum Gasteiger partial charge on any atom is -0.508 e. The number of benzene rings is 3. The molecule has 3 aromatic rings. The van der Waals surface area contributed by atoms with Crippen molar-refractivity contribution in [1.29, 1.82) is 0 Å². The van der Waals surface area contributed by atoms with Gasteiger partial charge in [0.1, 0.15) is 35.2 Å². The lowest BCUT2D eigenvalue weighted by molar-refractivity contribution is -0.121. The van der Waals surface area contributed by atoms with Gasteiger partial charge in [0, 0.05) is 59.8 Å². The molecule has 356 valence electrons. The second-order valence-electron chi connectivity index (χ2n) is 14.6. The first-order chi connectivity index (χ1) is 31.5. The van der Waals surface area contributed by atoms with E-state index in [-0.39, 0.29) is 82.4 Å². The van der Waals surface area contributed by atoms with Crippen LogP contribution in [0.2, 0.25) is 0 Å². The quantitative estimate of drug-likeness (QED) is 0.0261. The van der Waals surface area contributed by atoms with Gasteiger partial charge in [0.15, 0.2) is 5.43 Å². The minimum absolute atomic E-state index is 0.0258. The van der Waals surface area contributed by atoms with E-state index in [0.717, 1.165) is 10.8 Å². The normalized spacial score (nSPS) is 17.8. The Hall–Kier alpha value is -6.09. The summed E-state index contributed by atoms with van der Waals surface area (Å²) in [5, 5.41) is 36.4. The standard InChI is InChI=1S/C39H40N5O20P3/c40-36-22(19-44(39(52)43-36)34-18-29(47)32(62-34)20-60-66(56,57)64-67(58,59)63-65(53,54)55)5-4-14-41-33(48)6-2-1-3-13-42-37(49)21-7-10-25(38(50)51)28(15-21)35-26-11-8-23(45)16-30(26)61-31-17-24(46)9-12-27(31)35/h7-12,15-17,19,29,32,34,45,47H,1-3,6,13-14,18,20H2,(H,41,48)(H,42,49)(H,50,51)(H,56,57)(H,58,59)(H2,40,43,52)(H2,53,54,55)/t29-,32+,34+/m0/s1. The second-order valence-corrected chi connectivity index (χ2v) is 19.0. The highest BCUT2D eigenvalue weighted by Gasteiger charge is 2.43. The van der Waals surface area contributed by atoms with E-state index in [0.29, 0.717) is 35.8 Å². The number of phenolic OH excluding ortho intramolecular Hbond substituents is 1. The molecule has 11 N–H and O–H groups in total. The number of nitrogen functional groups attached to an aromatic ring is 1. The highest BCUT2D eigenvalue weighted by molar-refractivity contribution is 7.66. The van der Waals surface area contributed by atoms with Crippen molar-refractivity contribution < 1.29 is 85.3 Å². The van der Waals surface area contributed by atoms with Crippen molar-refractivity contribution in [2.45, 2.75) is 50.5 Å². The number of phosphoric acid groups is 3. The summed E-state index contributed by atoms with van der Waals surface area (Å²) in [6.07, 6.45) is -1.66. The molecule has 5 atom stereocenters. The van der Waals surface area contributed by atoms with E-state index in [9.17, 15) is 62.8 Å². The van der Waals surface area contributed by atoms with Gasteiger partial charge in [0.25, 0.3) is 5.91 Å². The van der Waals surface area contributed by atoms with Crippen LogP contribution in [0.1, 0.15) is 64.6 Å². The largest absolute Gasteiger partial charge is 0.508 e. The number of anilines is 1. The van der Waals surface area contributed by atoms with Crippen LogP contribution in [-0.4, -0.2) is 94.1 Å². The number of rotatable bonds is 18. The highest BCUT2D eigenvalue weighted by Crippen LogP contribution is 2.66. The van der Waals surface area contributed by atoms with Crippen molar-refractivity contribution in [3.05, 3.63) is 98.2 Å². The van der Waals surface area contributed by atoms with Crippen LogP contribution >= 0.6 is 23.5 Å². The number of hydrogen-bond acceptors (Lipinski definition) is 17. The zero-order chi connectivity index (χ0) is 48.8. The number of nitrogens with two attached hydrogens (primary N) is 1. The van der Waals surface area contributed by atoms with Gasteiger partial charge in [0.2, 0.25) is 5.91 Å².